The van der Waals surface area contributed by atoms with Crippen LogP contribution in [0.2, 0.25) is 0 Å². The van der Waals surface area contributed by atoms with Gasteiger partial charge in [0.25, 0.3) is 0 Å². The van der Waals surface area contributed by atoms with Gasteiger partial charge in [0.05, 0.1) is 18.7 Å². The number of nitriles is 1. The Kier molecular flexibility index (Phi) is 3.13. The van der Waals surface area contributed by atoms with Gasteiger partial charge in [0.2, 0.25) is 0 Å². The standard InChI is InChI=1S/C9H5F3N2O2/c1-16-8(15)7-6(9(10,11)12)5(4-13)2-3-14-7/h2-3H,1H3. The molecule has 84 valence electrons. The van der Waals surface area contributed by atoms with Gasteiger partial charge >= 0.3 is 12.1 Å². The maximum atomic E-state index is 12.6. The molecule has 4 nitrogen and oxygen atoms in total. The van der Waals surface area contributed by atoms with Gasteiger partial charge in [-0.3, -0.25) is 0 Å². The van der Waals surface area contributed by atoms with Crippen LogP contribution in [-0.4, -0.2) is 18.1 Å². The second kappa shape index (κ2) is 4.18. The summed E-state index contributed by atoms with van der Waals surface area (Å²) in [5, 5.41) is 8.53. The molecule has 16 heavy (non-hydrogen) atoms. The summed E-state index contributed by atoms with van der Waals surface area (Å²) in [6, 6.07) is 2.24. The molecule has 0 amide bonds. The summed E-state index contributed by atoms with van der Waals surface area (Å²) in [6.07, 6.45) is -3.89. The number of aromatic nitrogens is 1. The zero-order chi connectivity index (χ0) is 12.3. The molecule has 0 fully saturated rings. The predicted octanol–water partition coefficient (Wildman–Crippen LogP) is 1.76. The minimum absolute atomic E-state index is 0.664. The maximum Gasteiger partial charge on any atom is 0.420 e. The number of esters is 1. The van der Waals surface area contributed by atoms with Gasteiger partial charge in [0.1, 0.15) is 5.56 Å². The highest BCUT2D eigenvalue weighted by atomic mass is 19.4. The van der Waals surface area contributed by atoms with Gasteiger partial charge in [-0.1, -0.05) is 0 Å². The largest absolute Gasteiger partial charge is 0.464 e. The second-order valence-electron chi connectivity index (χ2n) is 2.68. The SMILES string of the molecule is COC(=O)c1nccc(C#N)c1C(F)(F)F. The average molecular weight is 230 g/mol. The van der Waals surface area contributed by atoms with Crippen LogP contribution in [-0.2, 0) is 10.9 Å². The highest BCUT2D eigenvalue weighted by Gasteiger charge is 2.39. The van der Waals surface area contributed by atoms with Crippen molar-refractivity contribution in [1.82, 2.24) is 4.98 Å². The van der Waals surface area contributed by atoms with Crippen LogP contribution >= 0.6 is 0 Å². The zero-order valence-corrected chi connectivity index (χ0v) is 8.00. The van der Waals surface area contributed by atoms with E-state index in [1.165, 1.54) is 6.07 Å². The van der Waals surface area contributed by atoms with E-state index in [-0.39, 0.29) is 0 Å². The topological polar surface area (TPSA) is 63.0 Å². The van der Waals surface area contributed by atoms with Crippen LogP contribution in [0, 0.1) is 11.3 Å². The fraction of sp³-hybridized carbons (Fsp3) is 0.222. The molecule has 1 aromatic heterocycles. The molecule has 0 saturated heterocycles. The lowest BCUT2D eigenvalue weighted by Crippen LogP contribution is -2.17. The number of hydrogen-bond donors (Lipinski definition) is 0. The Bertz CT molecular complexity index is 463. The fourth-order valence-electron chi connectivity index (χ4n) is 1.09. The number of carbonyl (C=O) groups excluding carboxylic acids is 1. The Labute approximate surface area is 88.3 Å². The van der Waals surface area contributed by atoms with Gasteiger partial charge in [0.15, 0.2) is 5.69 Å². The third-order valence-corrected chi connectivity index (χ3v) is 1.73. The molecule has 1 heterocycles. The average Bonchev–Trinajstić information content (AvgIpc) is 2.25. The van der Waals surface area contributed by atoms with Crippen LogP contribution in [0.25, 0.3) is 0 Å². The molecule has 0 unspecified atom stereocenters. The first-order chi connectivity index (χ1) is 7.41. The lowest BCUT2D eigenvalue weighted by atomic mass is 10.1. The Balaban J connectivity index is 3.52. The Morgan fingerprint density at radius 1 is 1.56 bits per heavy atom. The summed E-state index contributed by atoms with van der Waals surface area (Å²) >= 11 is 0. The van der Waals surface area contributed by atoms with Crippen LogP contribution in [0.4, 0.5) is 13.2 Å². The van der Waals surface area contributed by atoms with Gasteiger partial charge in [-0.2, -0.15) is 18.4 Å². The molecule has 0 radical (unpaired) electrons. The van der Waals surface area contributed by atoms with Crippen molar-refractivity contribution in [3.8, 4) is 6.07 Å². The summed E-state index contributed by atoms with van der Waals surface area (Å²) < 4.78 is 41.9. The maximum absolute atomic E-state index is 12.6. The van der Waals surface area contributed by atoms with E-state index in [2.05, 4.69) is 9.72 Å². The van der Waals surface area contributed by atoms with Crippen molar-refractivity contribution < 1.29 is 22.7 Å². The predicted molar refractivity (Wildman–Crippen MR) is 45.3 cm³/mol. The number of hydrogen-bond acceptors (Lipinski definition) is 4. The molecular weight excluding hydrogens is 225 g/mol. The quantitative estimate of drug-likeness (QED) is 0.689. The van der Waals surface area contributed by atoms with Crippen LogP contribution in [0.5, 0.6) is 0 Å². The van der Waals surface area contributed by atoms with Gasteiger partial charge in [0, 0.05) is 6.20 Å². The lowest BCUT2D eigenvalue weighted by Gasteiger charge is -2.11. The van der Waals surface area contributed by atoms with E-state index in [9.17, 15) is 18.0 Å². The van der Waals surface area contributed by atoms with E-state index in [4.69, 9.17) is 5.26 Å². The molecule has 0 bridgehead atoms. The molecule has 0 N–H and O–H groups in total. The highest BCUT2D eigenvalue weighted by Crippen LogP contribution is 2.33. The molecule has 0 aromatic carbocycles. The number of rotatable bonds is 1. The molecule has 1 rings (SSSR count). The molecule has 0 aliphatic heterocycles. The van der Waals surface area contributed by atoms with Crippen LogP contribution in [0.15, 0.2) is 12.3 Å². The molecule has 0 spiro atoms. The van der Waals surface area contributed by atoms with Crippen molar-refractivity contribution in [2.45, 2.75) is 6.18 Å². The van der Waals surface area contributed by atoms with E-state index in [0.29, 0.717) is 0 Å². The number of nitrogens with zero attached hydrogens (tertiary/aromatic N) is 2. The van der Waals surface area contributed by atoms with E-state index in [0.717, 1.165) is 19.4 Å². The molecule has 7 heteroatoms. The highest BCUT2D eigenvalue weighted by molar-refractivity contribution is 5.89. The van der Waals surface area contributed by atoms with E-state index in [1.807, 2.05) is 0 Å². The minimum atomic E-state index is -4.83. The Hall–Kier alpha value is -2.10. The van der Waals surface area contributed by atoms with Crippen LogP contribution in [0.1, 0.15) is 21.6 Å². The number of halogens is 3. The molecule has 0 aliphatic rings. The van der Waals surface area contributed by atoms with E-state index >= 15 is 0 Å². The van der Waals surface area contributed by atoms with E-state index < -0.39 is 29.0 Å². The number of carbonyl (C=O) groups is 1. The Morgan fingerprint density at radius 3 is 2.62 bits per heavy atom. The molecule has 0 saturated carbocycles. The van der Waals surface area contributed by atoms with Gasteiger partial charge in [-0.25, -0.2) is 9.78 Å². The van der Waals surface area contributed by atoms with Gasteiger partial charge in [-0.15, -0.1) is 0 Å². The normalized spacial score (nSPS) is 10.7. The molecule has 1 aromatic rings. The Morgan fingerprint density at radius 2 is 2.19 bits per heavy atom. The smallest absolute Gasteiger partial charge is 0.420 e. The van der Waals surface area contributed by atoms with Crippen molar-refractivity contribution in [3.05, 3.63) is 29.1 Å². The number of methoxy groups -OCH3 is 1. The summed E-state index contributed by atoms with van der Waals surface area (Å²) in [6.45, 7) is 0. The lowest BCUT2D eigenvalue weighted by molar-refractivity contribution is -0.138. The minimum Gasteiger partial charge on any atom is -0.464 e. The monoisotopic (exact) mass is 230 g/mol. The number of ether oxygens (including phenoxy) is 1. The summed E-state index contributed by atoms with van der Waals surface area (Å²) in [5.41, 5.74) is -2.94. The third kappa shape index (κ3) is 2.11. The first-order valence-corrected chi connectivity index (χ1v) is 3.96. The first-order valence-electron chi connectivity index (χ1n) is 3.96. The van der Waals surface area contributed by atoms with Crippen molar-refractivity contribution in [2.75, 3.05) is 7.11 Å². The fourth-order valence-corrected chi connectivity index (χ4v) is 1.09. The molecule has 0 atom stereocenters. The summed E-state index contributed by atoms with van der Waals surface area (Å²) in [4.78, 5) is 14.3. The van der Waals surface area contributed by atoms with E-state index in [1.54, 1.807) is 0 Å². The van der Waals surface area contributed by atoms with Crippen LogP contribution < -0.4 is 0 Å². The number of alkyl halides is 3. The summed E-state index contributed by atoms with van der Waals surface area (Å²) in [7, 11) is 0.934. The zero-order valence-electron chi connectivity index (χ0n) is 8.00. The van der Waals surface area contributed by atoms with Gasteiger partial charge < -0.3 is 4.74 Å². The molecule has 0 aliphatic carbocycles. The van der Waals surface area contributed by atoms with Gasteiger partial charge in [-0.05, 0) is 6.07 Å². The van der Waals surface area contributed by atoms with Crippen molar-refractivity contribution in [1.29, 1.82) is 5.26 Å². The van der Waals surface area contributed by atoms with Crippen LogP contribution in [0.3, 0.4) is 0 Å². The number of pyridine rings is 1. The van der Waals surface area contributed by atoms with Crippen molar-refractivity contribution in [3.63, 3.8) is 0 Å². The first kappa shape index (κ1) is 12.0. The summed E-state index contributed by atoms with van der Waals surface area (Å²) in [5.74, 6) is -1.23. The van der Waals surface area contributed by atoms with Crippen molar-refractivity contribution in [2.24, 2.45) is 0 Å². The third-order valence-electron chi connectivity index (χ3n) is 1.73. The second-order valence-corrected chi connectivity index (χ2v) is 2.68. The molecular formula is C9H5F3N2O2. The van der Waals surface area contributed by atoms with Crippen molar-refractivity contribution >= 4 is 5.97 Å².